The van der Waals surface area contributed by atoms with Crippen molar-refractivity contribution >= 4 is 11.1 Å². The first-order valence-corrected chi connectivity index (χ1v) is 8.70. The van der Waals surface area contributed by atoms with Crippen molar-refractivity contribution in [3.05, 3.63) is 84.8 Å². The molecule has 0 fully saturated rings. The Morgan fingerprint density at radius 3 is 2.68 bits per heavy atom. The zero-order valence-corrected chi connectivity index (χ0v) is 14.7. The summed E-state index contributed by atoms with van der Waals surface area (Å²) in [6.07, 6.45) is 6.67. The zero-order chi connectivity index (χ0) is 18.9. The smallest absolute Gasteiger partial charge is 0.180 e. The largest absolute Gasteiger partial charge is 0.463 e. The van der Waals surface area contributed by atoms with Crippen molar-refractivity contribution in [2.75, 3.05) is 0 Å². The van der Waals surface area contributed by atoms with Crippen molar-refractivity contribution in [2.24, 2.45) is 0 Å². The van der Waals surface area contributed by atoms with Gasteiger partial charge in [0.1, 0.15) is 17.0 Å². The van der Waals surface area contributed by atoms with E-state index in [0.29, 0.717) is 22.7 Å². The lowest BCUT2D eigenvalue weighted by Crippen LogP contribution is -2.06. The third-order valence-corrected chi connectivity index (χ3v) is 4.45. The molecule has 136 valence electrons. The summed E-state index contributed by atoms with van der Waals surface area (Å²) in [4.78, 5) is 13.0. The van der Waals surface area contributed by atoms with Gasteiger partial charge in [0.05, 0.1) is 18.5 Å². The molecule has 0 aliphatic heterocycles. The molecule has 0 saturated heterocycles. The lowest BCUT2D eigenvalue weighted by molar-refractivity contribution is 0.587. The molecular weight excluding hydrogens is 357 g/mol. The Hall–Kier alpha value is -3.87. The maximum Gasteiger partial charge on any atom is 0.180 e. The molecule has 0 aliphatic rings. The highest BCUT2D eigenvalue weighted by Gasteiger charge is 2.16. The van der Waals surface area contributed by atoms with E-state index in [-0.39, 0.29) is 12.4 Å². The summed E-state index contributed by atoms with van der Waals surface area (Å²) < 4.78 is 21.4. The monoisotopic (exact) mass is 371 g/mol. The molecule has 0 amide bonds. The van der Waals surface area contributed by atoms with Gasteiger partial charge in [-0.1, -0.05) is 18.2 Å². The highest BCUT2D eigenvalue weighted by Crippen LogP contribution is 2.27. The van der Waals surface area contributed by atoms with E-state index < -0.39 is 0 Å². The van der Waals surface area contributed by atoms with E-state index in [1.807, 2.05) is 12.1 Å². The van der Waals surface area contributed by atoms with Crippen LogP contribution in [0.5, 0.6) is 0 Å². The molecule has 5 aromatic rings. The second-order valence-electron chi connectivity index (χ2n) is 6.26. The van der Waals surface area contributed by atoms with Crippen molar-refractivity contribution in [3.63, 3.8) is 0 Å². The quantitative estimate of drug-likeness (QED) is 0.470. The number of pyridine rings is 1. The SMILES string of the molecule is Fc1ccccc1Cn1nc(-c2ncccn2)cc1-c1cnc2ccoc2c1. The standard InChI is InChI=1S/C21H14FN5O/c22-16-5-2-1-4-14(16)13-27-19(11-18(26-27)21-23-7-3-8-24-21)15-10-20-17(25-12-15)6-9-28-20/h1-12H,13H2. The predicted molar refractivity (Wildman–Crippen MR) is 102 cm³/mol. The molecule has 4 aromatic heterocycles. The van der Waals surface area contributed by atoms with Crippen LogP contribution in [0.4, 0.5) is 4.39 Å². The molecule has 0 aliphatic carbocycles. The molecule has 0 radical (unpaired) electrons. The molecular formula is C21H14FN5O. The van der Waals surface area contributed by atoms with Gasteiger partial charge >= 0.3 is 0 Å². The zero-order valence-electron chi connectivity index (χ0n) is 14.7. The van der Waals surface area contributed by atoms with E-state index in [0.717, 1.165) is 16.8 Å². The van der Waals surface area contributed by atoms with Gasteiger partial charge in [-0.2, -0.15) is 5.10 Å². The van der Waals surface area contributed by atoms with Crippen LogP contribution in [0.3, 0.4) is 0 Å². The minimum absolute atomic E-state index is 0.269. The van der Waals surface area contributed by atoms with Crippen LogP contribution in [0.25, 0.3) is 33.9 Å². The minimum atomic E-state index is -0.277. The van der Waals surface area contributed by atoms with Crippen molar-refractivity contribution in [2.45, 2.75) is 6.54 Å². The van der Waals surface area contributed by atoms with Crippen LogP contribution in [0.2, 0.25) is 0 Å². The molecule has 0 unspecified atom stereocenters. The first-order valence-electron chi connectivity index (χ1n) is 8.70. The Balaban J connectivity index is 1.65. The maximum absolute atomic E-state index is 14.2. The van der Waals surface area contributed by atoms with Crippen LogP contribution in [0.1, 0.15) is 5.56 Å². The van der Waals surface area contributed by atoms with E-state index in [9.17, 15) is 4.39 Å². The van der Waals surface area contributed by atoms with Gasteiger partial charge in [-0.15, -0.1) is 0 Å². The first kappa shape index (κ1) is 16.3. The van der Waals surface area contributed by atoms with Gasteiger partial charge in [-0.3, -0.25) is 9.67 Å². The lowest BCUT2D eigenvalue weighted by Gasteiger charge is -2.08. The van der Waals surface area contributed by atoms with E-state index >= 15 is 0 Å². The van der Waals surface area contributed by atoms with E-state index in [1.54, 1.807) is 59.9 Å². The molecule has 0 spiro atoms. The summed E-state index contributed by atoms with van der Waals surface area (Å²) in [5.41, 5.74) is 4.18. The van der Waals surface area contributed by atoms with Gasteiger partial charge in [-0.25, -0.2) is 14.4 Å². The highest BCUT2D eigenvalue weighted by molar-refractivity contribution is 5.78. The predicted octanol–water partition coefficient (Wildman–Crippen LogP) is 4.34. The number of furan rings is 1. The van der Waals surface area contributed by atoms with E-state index in [2.05, 4.69) is 20.1 Å². The molecule has 0 bridgehead atoms. The fraction of sp³-hybridized carbons (Fsp3) is 0.0476. The third kappa shape index (κ3) is 2.92. The molecule has 0 atom stereocenters. The molecule has 7 heteroatoms. The fourth-order valence-corrected chi connectivity index (χ4v) is 3.08. The normalized spacial score (nSPS) is 11.2. The molecule has 4 heterocycles. The number of hydrogen-bond acceptors (Lipinski definition) is 5. The number of nitrogens with zero attached hydrogens (tertiary/aromatic N) is 5. The van der Waals surface area contributed by atoms with Gasteiger partial charge in [0.2, 0.25) is 0 Å². The third-order valence-electron chi connectivity index (χ3n) is 4.45. The number of fused-ring (bicyclic) bond motifs is 1. The maximum atomic E-state index is 14.2. The second-order valence-corrected chi connectivity index (χ2v) is 6.26. The Morgan fingerprint density at radius 2 is 1.82 bits per heavy atom. The molecule has 0 saturated carbocycles. The van der Waals surface area contributed by atoms with Crippen molar-refractivity contribution in [1.82, 2.24) is 24.7 Å². The molecule has 6 nitrogen and oxygen atoms in total. The van der Waals surface area contributed by atoms with Crippen LogP contribution < -0.4 is 0 Å². The number of benzene rings is 1. The Labute approximate surface area is 159 Å². The summed E-state index contributed by atoms with van der Waals surface area (Å²) in [6.45, 7) is 0.269. The Kier molecular flexibility index (Phi) is 3.90. The van der Waals surface area contributed by atoms with E-state index in [4.69, 9.17) is 4.42 Å². The number of hydrogen-bond donors (Lipinski definition) is 0. The molecule has 28 heavy (non-hydrogen) atoms. The van der Waals surface area contributed by atoms with Crippen LogP contribution in [-0.2, 0) is 6.54 Å². The van der Waals surface area contributed by atoms with Crippen LogP contribution >= 0.6 is 0 Å². The first-order chi connectivity index (χ1) is 13.8. The van der Waals surface area contributed by atoms with Crippen molar-refractivity contribution in [3.8, 4) is 22.8 Å². The van der Waals surface area contributed by atoms with Gasteiger partial charge in [-0.05, 0) is 24.3 Å². The molecule has 5 rings (SSSR count). The van der Waals surface area contributed by atoms with Crippen molar-refractivity contribution < 1.29 is 8.81 Å². The number of rotatable bonds is 4. The number of aromatic nitrogens is 5. The Morgan fingerprint density at radius 1 is 0.964 bits per heavy atom. The summed E-state index contributed by atoms with van der Waals surface area (Å²) in [5, 5.41) is 4.63. The van der Waals surface area contributed by atoms with Gasteiger partial charge < -0.3 is 4.42 Å². The average Bonchev–Trinajstić information content (AvgIpc) is 3.37. The van der Waals surface area contributed by atoms with Gasteiger partial charge in [0.25, 0.3) is 0 Å². The second kappa shape index (κ2) is 6.70. The summed E-state index contributed by atoms with van der Waals surface area (Å²) in [7, 11) is 0. The lowest BCUT2D eigenvalue weighted by atomic mass is 10.1. The topological polar surface area (TPSA) is 69.6 Å². The van der Waals surface area contributed by atoms with Crippen molar-refractivity contribution in [1.29, 1.82) is 0 Å². The number of halogens is 1. The van der Waals surface area contributed by atoms with E-state index in [1.165, 1.54) is 6.07 Å². The molecule has 0 N–H and O–H groups in total. The highest BCUT2D eigenvalue weighted by atomic mass is 19.1. The van der Waals surface area contributed by atoms with Crippen LogP contribution in [-0.4, -0.2) is 24.7 Å². The van der Waals surface area contributed by atoms with Crippen LogP contribution in [0, 0.1) is 5.82 Å². The summed E-state index contributed by atoms with van der Waals surface area (Å²) in [6, 6.07) is 14.0. The molecule has 1 aromatic carbocycles. The van der Waals surface area contributed by atoms with Gasteiger partial charge in [0, 0.05) is 35.8 Å². The summed E-state index contributed by atoms with van der Waals surface area (Å²) >= 11 is 0. The fourth-order valence-electron chi connectivity index (χ4n) is 3.08. The Bertz CT molecular complexity index is 1260. The van der Waals surface area contributed by atoms with Gasteiger partial charge in [0.15, 0.2) is 11.4 Å². The van der Waals surface area contributed by atoms with Crippen LogP contribution in [0.15, 0.2) is 77.8 Å². The summed E-state index contributed by atoms with van der Waals surface area (Å²) in [5.74, 6) is 0.226. The average molecular weight is 371 g/mol. The minimum Gasteiger partial charge on any atom is -0.463 e.